The first kappa shape index (κ1) is 13.2. The van der Waals surface area contributed by atoms with Crippen molar-refractivity contribution in [3.05, 3.63) is 41.2 Å². The first-order valence-corrected chi connectivity index (χ1v) is 6.42. The summed E-state index contributed by atoms with van der Waals surface area (Å²) in [6.07, 6.45) is 3.14. The fourth-order valence-corrected chi connectivity index (χ4v) is 2.16. The maximum absolute atomic E-state index is 11.3. The van der Waals surface area contributed by atoms with E-state index >= 15 is 0 Å². The number of carboxylic acid groups (broad SMARTS) is 1. The predicted octanol–water partition coefficient (Wildman–Crippen LogP) is 2.72. The van der Waals surface area contributed by atoms with Gasteiger partial charge in [-0.05, 0) is 32.1 Å². The number of fused-ring (bicyclic) bond motifs is 1. The molecule has 21 heavy (non-hydrogen) atoms. The van der Waals surface area contributed by atoms with Crippen LogP contribution in [-0.2, 0) is 0 Å². The van der Waals surface area contributed by atoms with E-state index in [0.717, 1.165) is 11.3 Å². The van der Waals surface area contributed by atoms with Gasteiger partial charge in [0, 0.05) is 6.07 Å². The molecular formula is C15H14N2O4. The number of aromatic nitrogens is 2. The van der Waals surface area contributed by atoms with Gasteiger partial charge in [0.1, 0.15) is 5.56 Å². The highest BCUT2D eigenvalue weighted by atomic mass is 16.7. The number of carboxylic acids is 1. The minimum absolute atomic E-state index is 0.161. The molecule has 0 unspecified atom stereocenters. The van der Waals surface area contributed by atoms with E-state index < -0.39 is 5.97 Å². The summed E-state index contributed by atoms with van der Waals surface area (Å²) in [6.45, 7) is 4.00. The molecule has 0 fully saturated rings. The van der Waals surface area contributed by atoms with Crippen molar-refractivity contribution in [2.75, 3.05) is 6.79 Å². The third kappa shape index (κ3) is 2.35. The van der Waals surface area contributed by atoms with Crippen LogP contribution in [0.5, 0.6) is 11.5 Å². The number of hydrogen-bond donors (Lipinski definition) is 1. The van der Waals surface area contributed by atoms with E-state index in [0.29, 0.717) is 17.2 Å². The van der Waals surface area contributed by atoms with E-state index in [1.807, 2.05) is 19.9 Å². The molecule has 6 nitrogen and oxygen atoms in total. The molecule has 1 aliphatic heterocycles. The van der Waals surface area contributed by atoms with Crippen molar-refractivity contribution in [3.8, 4) is 17.2 Å². The molecule has 6 heteroatoms. The molecule has 108 valence electrons. The van der Waals surface area contributed by atoms with Crippen LogP contribution >= 0.6 is 0 Å². The van der Waals surface area contributed by atoms with Crippen molar-refractivity contribution < 1.29 is 19.4 Å². The zero-order chi connectivity index (χ0) is 15.0. The van der Waals surface area contributed by atoms with Crippen LogP contribution in [0.4, 0.5) is 0 Å². The van der Waals surface area contributed by atoms with Crippen LogP contribution in [0.3, 0.4) is 0 Å². The summed E-state index contributed by atoms with van der Waals surface area (Å²) < 4.78 is 12.2. The summed E-state index contributed by atoms with van der Waals surface area (Å²) in [6, 6.07) is 5.38. The van der Waals surface area contributed by atoms with Gasteiger partial charge in [-0.15, -0.1) is 0 Å². The summed E-state index contributed by atoms with van der Waals surface area (Å²) in [5.41, 5.74) is 2.40. The molecule has 1 aromatic heterocycles. The quantitative estimate of drug-likeness (QED) is 0.939. The maximum atomic E-state index is 11.3. The highest BCUT2D eigenvalue weighted by molar-refractivity contribution is 5.91. The molecule has 0 bridgehead atoms. The van der Waals surface area contributed by atoms with Crippen molar-refractivity contribution in [1.29, 1.82) is 0 Å². The van der Waals surface area contributed by atoms with Gasteiger partial charge in [0.15, 0.2) is 11.5 Å². The molecule has 1 aromatic carbocycles. The summed E-state index contributed by atoms with van der Waals surface area (Å²) in [5, 5.41) is 13.4. The van der Waals surface area contributed by atoms with Crippen LogP contribution in [0.15, 0.2) is 30.0 Å². The van der Waals surface area contributed by atoms with Crippen LogP contribution in [0.2, 0.25) is 0 Å². The lowest BCUT2D eigenvalue weighted by molar-refractivity contribution is 0.0696. The average molecular weight is 286 g/mol. The summed E-state index contributed by atoms with van der Waals surface area (Å²) in [5.74, 6) is 0.297. The molecule has 3 rings (SSSR count). The minimum atomic E-state index is -1.01. The van der Waals surface area contributed by atoms with Crippen molar-refractivity contribution in [1.82, 2.24) is 9.78 Å². The second-order valence-electron chi connectivity index (χ2n) is 4.92. The monoisotopic (exact) mass is 286 g/mol. The standard InChI is InChI=1S/C15H14N2O4/c1-9(2)5-12-11(15(18)19)7-16-17(12)10-3-4-13-14(6-10)21-8-20-13/h3-7H,8H2,1-2H3,(H,18,19). The summed E-state index contributed by atoms with van der Waals surface area (Å²) >= 11 is 0. The average Bonchev–Trinajstić information content (AvgIpc) is 3.03. The molecule has 1 N–H and O–H groups in total. The highest BCUT2D eigenvalue weighted by Gasteiger charge is 2.19. The van der Waals surface area contributed by atoms with Gasteiger partial charge in [-0.3, -0.25) is 0 Å². The predicted molar refractivity (Wildman–Crippen MR) is 76.0 cm³/mol. The molecule has 2 aromatic rings. The molecule has 0 amide bonds. The van der Waals surface area contributed by atoms with Gasteiger partial charge in [0.05, 0.1) is 17.6 Å². The first-order chi connectivity index (χ1) is 10.1. The summed E-state index contributed by atoms with van der Waals surface area (Å²) in [7, 11) is 0. The van der Waals surface area contributed by atoms with Gasteiger partial charge in [0.2, 0.25) is 6.79 Å². The molecule has 0 radical (unpaired) electrons. The Balaban J connectivity index is 2.14. The first-order valence-electron chi connectivity index (χ1n) is 6.42. The van der Waals surface area contributed by atoms with E-state index in [9.17, 15) is 9.90 Å². The lowest BCUT2D eigenvalue weighted by atomic mass is 10.2. The van der Waals surface area contributed by atoms with Crippen LogP contribution < -0.4 is 9.47 Å². The largest absolute Gasteiger partial charge is 0.478 e. The molecule has 0 saturated carbocycles. The van der Waals surface area contributed by atoms with E-state index in [1.54, 1.807) is 22.9 Å². The Morgan fingerprint density at radius 2 is 2.10 bits per heavy atom. The lowest BCUT2D eigenvalue weighted by Crippen LogP contribution is -2.03. The van der Waals surface area contributed by atoms with Crippen LogP contribution in [-0.4, -0.2) is 27.6 Å². The molecular weight excluding hydrogens is 272 g/mol. The van der Waals surface area contributed by atoms with Crippen molar-refractivity contribution in [2.45, 2.75) is 13.8 Å². The Kier molecular flexibility index (Phi) is 3.13. The Bertz CT molecular complexity index is 742. The minimum Gasteiger partial charge on any atom is -0.478 e. The Morgan fingerprint density at radius 3 is 2.81 bits per heavy atom. The number of ether oxygens (including phenoxy) is 2. The third-order valence-corrected chi connectivity index (χ3v) is 3.06. The smallest absolute Gasteiger partial charge is 0.339 e. The van der Waals surface area contributed by atoms with E-state index in [1.165, 1.54) is 6.20 Å². The van der Waals surface area contributed by atoms with Crippen molar-refractivity contribution >= 4 is 12.0 Å². The van der Waals surface area contributed by atoms with Gasteiger partial charge in [-0.1, -0.05) is 5.57 Å². The summed E-state index contributed by atoms with van der Waals surface area (Å²) in [4.78, 5) is 11.3. The number of rotatable bonds is 3. The Morgan fingerprint density at radius 1 is 1.33 bits per heavy atom. The molecule has 2 heterocycles. The second-order valence-corrected chi connectivity index (χ2v) is 4.92. The van der Waals surface area contributed by atoms with Crippen molar-refractivity contribution in [2.24, 2.45) is 0 Å². The number of carbonyl (C=O) groups is 1. The molecule has 1 aliphatic rings. The zero-order valence-corrected chi connectivity index (χ0v) is 11.7. The fraction of sp³-hybridized carbons (Fsp3) is 0.200. The van der Waals surface area contributed by atoms with Gasteiger partial charge >= 0.3 is 5.97 Å². The highest BCUT2D eigenvalue weighted by Crippen LogP contribution is 2.34. The normalized spacial score (nSPS) is 12.3. The molecule has 0 aliphatic carbocycles. The molecule has 0 spiro atoms. The van der Waals surface area contributed by atoms with E-state index in [2.05, 4.69) is 5.10 Å². The van der Waals surface area contributed by atoms with Crippen LogP contribution in [0, 0.1) is 0 Å². The van der Waals surface area contributed by atoms with Crippen LogP contribution in [0.1, 0.15) is 29.9 Å². The number of allylic oxidation sites excluding steroid dienone is 1. The number of nitrogens with zero attached hydrogens (tertiary/aromatic N) is 2. The fourth-order valence-electron chi connectivity index (χ4n) is 2.16. The van der Waals surface area contributed by atoms with Gasteiger partial charge in [0.25, 0.3) is 0 Å². The topological polar surface area (TPSA) is 73.6 Å². The van der Waals surface area contributed by atoms with E-state index in [4.69, 9.17) is 9.47 Å². The van der Waals surface area contributed by atoms with Crippen LogP contribution in [0.25, 0.3) is 11.8 Å². The lowest BCUT2D eigenvalue weighted by Gasteiger charge is -2.07. The maximum Gasteiger partial charge on any atom is 0.339 e. The SMILES string of the molecule is CC(C)=Cc1c(C(=O)O)cnn1-c1ccc2c(c1)OCO2. The van der Waals surface area contributed by atoms with Gasteiger partial charge in [-0.25, -0.2) is 9.48 Å². The Labute approximate surface area is 121 Å². The second kappa shape index (κ2) is 4.97. The van der Waals surface area contributed by atoms with Gasteiger partial charge in [-0.2, -0.15) is 5.10 Å². The third-order valence-electron chi connectivity index (χ3n) is 3.06. The number of benzene rings is 1. The molecule has 0 atom stereocenters. The Hall–Kier alpha value is -2.76. The molecule has 0 saturated heterocycles. The van der Waals surface area contributed by atoms with E-state index in [-0.39, 0.29) is 12.4 Å². The van der Waals surface area contributed by atoms with Gasteiger partial charge < -0.3 is 14.6 Å². The zero-order valence-electron chi connectivity index (χ0n) is 11.7. The van der Waals surface area contributed by atoms with Crippen molar-refractivity contribution in [3.63, 3.8) is 0 Å². The number of hydrogen-bond acceptors (Lipinski definition) is 4. The number of aromatic carboxylic acids is 1.